The fraction of sp³-hybridized carbons (Fsp3) is 0.333. The maximum absolute atomic E-state index is 13.3. The summed E-state index contributed by atoms with van der Waals surface area (Å²) in [5.41, 5.74) is 1.11. The predicted molar refractivity (Wildman–Crippen MR) is 102 cm³/mol. The fourth-order valence-electron chi connectivity index (χ4n) is 4.13. The van der Waals surface area contributed by atoms with Crippen molar-refractivity contribution in [3.05, 3.63) is 54.7 Å². The van der Waals surface area contributed by atoms with Crippen molar-refractivity contribution in [2.45, 2.75) is 12.1 Å². The van der Waals surface area contributed by atoms with E-state index in [-0.39, 0.29) is 23.5 Å². The molecule has 2 aliphatic rings. The van der Waals surface area contributed by atoms with E-state index in [4.69, 9.17) is 0 Å². The van der Waals surface area contributed by atoms with Crippen LogP contribution in [0.15, 0.2) is 49.1 Å². The first-order valence-corrected chi connectivity index (χ1v) is 10.8. The standard InChI is InChI=1S/C18H18N6O3S/c25-17(13-10-21-16-4-1-2-7-22(13)16)23-8-9-24(18-19-5-3-6-20-18)15-12-28(26,27)11-14(15)23/h1-7,10,14-15H,8-9,11-12H2/t14-,15+/m0/s1. The SMILES string of the molecule is O=C(c1cnc2ccccn12)N1CCN(c2ncccn2)[C@@H]2CS(=O)(=O)C[C@@H]21. The summed E-state index contributed by atoms with van der Waals surface area (Å²) in [7, 11) is -3.26. The Kier molecular flexibility index (Phi) is 3.83. The van der Waals surface area contributed by atoms with E-state index >= 15 is 0 Å². The van der Waals surface area contributed by atoms with E-state index < -0.39 is 15.9 Å². The zero-order valence-corrected chi connectivity index (χ0v) is 15.7. The van der Waals surface area contributed by atoms with Crippen LogP contribution in [0.3, 0.4) is 0 Å². The van der Waals surface area contributed by atoms with Gasteiger partial charge >= 0.3 is 0 Å². The van der Waals surface area contributed by atoms with Crippen molar-refractivity contribution in [1.29, 1.82) is 0 Å². The van der Waals surface area contributed by atoms with Gasteiger partial charge in [0.1, 0.15) is 11.3 Å². The van der Waals surface area contributed by atoms with Crippen LogP contribution in [0.5, 0.6) is 0 Å². The number of hydrogen-bond donors (Lipinski definition) is 0. The van der Waals surface area contributed by atoms with E-state index in [9.17, 15) is 13.2 Å². The molecule has 3 aromatic heterocycles. The second-order valence-electron chi connectivity index (χ2n) is 7.02. The van der Waals surface area contributed by atoms with Crippen LogP contribution in [0.2, 0.25) is 0 Å². The van der Waals surface area contributed by atoms with Crippen LogP contribution < -0.4 is 4.90 Å². The molecule has 10 heteroatoms. The number of rotatable bonds is 2. The van der Waals surface area contributed by atoms with Gasteiger partial charge in [-0.05, 0) is 18.2 Å². The lowest BCUT2D eigenvalue weighted by Crippen LogP contribution is -2.61. The highest BCUT2D eigenvalue weighted by Crippen LogP contribution is 2.30. The Morgan fingerprint density at radius 3 is 2.61 bits per heavy atom. The first-order chi connectivity index (χ1) is 13.5. The minimum atomic E-state index is -3.26. The normalized spacial score (nSPS) is 23.7. The van der Waals surface area contributed by atoms with Gasteiger partial charge in [0.15, 0.2) is 9.84 Å². The minimum Gasteiger partial charge on any atom is -0.333 e. The number of carbonyl (C=O) groups excluding carboxylic acids is 1. The van der Waals surface area contributed by atoms with Crippen molar-refractivity contribution < 1.29 is 13.2 Å². The van der Waals surface area contributed by atoms with Gasteiger partial charge in [-0.15, -0.1) is 0 Å². The van der Waals surface area contributed by atoms with Crippen molar-refractivity contribution in [2.24, 2.45) is 0 Å². The molecule has 144 valence electrons. The van der Waals surface area contributed by atoms with Crippen LogP contribution in [0.25, 0.3) is 5.65 Å². The van der Waals surface area contributed by atoms with Gasteiger partial charge in [-0.3, -0.25) is 9.20 Å². The maximum atomic E-state index is 13.3. The highest BCUT2D eigenvalue weighted by Gasteiger charge is 2.49. The van der Waals surface area contributed by atoms with Crippen LogP contribution in [0.1, 0.15) is 10.5 Å². The lowest BCUT2D eigenvalue weighted by molar-refractivity contribution is 0.0640. The summed E-state index contributed by atoms with van der Waals surface area (Å²) in [4.78, 5) is 29.7. The van der Waals surface area contributed by atoms with E-state index in [1.165, 1.54) is 0 Å². The van der Waals surface area contributed by atoms with Gasteiger partial charge in [0.2, 0.25) is 5.95 Å². The number of pyridine rings is 1. The molecule has 3 aromatic rings. The molecule has 2 atom stereocenters. The quantitative estimate of drug-likeness (QED) is 0.610. The molecular formula is C18H18N6O3S. The molecule has 0 N–H and O–H groups in total. The molecule has 0 radical (unpaired) electrons. The Morgan fingerprint density at radius 2 is 1.79 bits per heavy atom. The molecule has 2 aliphatic heterocycles. The summed E-state index contributed by atoms with van der Waals surface area (Å²) in [6, 6.07) is 6.43. The highest BCUT2D eigenvalue weighted by molar-refractivity contribution is 7.91. The Hall–Kier alpha value is -3.01. The molecule has 2 saturated heterocycles. The molecule has 5 heterocycles. The third-order valence-corrected chi connectivity index (χ3v) is 7.08. The number of amides is 1. The van der Waals surface area contributed by atoms with Crippen LogP contribution >= 0.6 is 0 Å². The summed E-state index contributed by atoms with van der Waals surface area (Å²) < 4.78 is 26.6. The van der Waals surface area contributed by atoms with Crippen molar-refractivity contribution in [1.82, 2.24) is 24.3 Å². The summed E-state index contributed by atoms with van der Waals surface area (Å²) in [5, 5.41) is 0. The van der Waals surface area contributed by atoms with Crippen LogP contribution in [0, 0.1) is 0 Å². The molecule has 0 bridgehead atoms. The molecule has 2 fully saturated rings. The number of imidazole rings is 1. The number of sulfone groups is 1. The number of hydrogen-bond acceptors (Lipinski definition) is 7. The molecule has 0 unspecified atom stereocenters. The second-order valence-corrected chi connectivity index (χ2v) is 9.18. The summed E-state index contributed by atoms with van der Waals surface area (Å²) >= 11 is 0. The average Bonchev–Trinajstić information content (AvgIpc) is 3.27. The number of nitrogens with zero attached hydrogens (tertiary/aromatic N) is 6. The smallest absolute Gasteiger partial charge is 0.272 e. The van der Waals surface area contributed by atoms with E-state index in [0.29, 0.717) is 30.4 Å². The Bertz CT molecular complexity index is 1150. The first-order valence-electron chi connectivity index (χ1n) is 9.01. The van der Waals surface area contributed by atoms with Gasteiger partial charge in [0, 0.05) is 31.7 Å². The number of fused-ring (bicyclic) bond motifs is 2. The largest absolute Gasteiger partial charge is 0.333 e. The van der Waals surface area contributed by atoms with Gasteiger partial charge in [-0.1, -0.05) is 6.07 Å². The van der Waals surface area contributed by atoms with Crippen LogP contribution in [-0.4, -0.2) is 75.3 Å². The van der Waals surface area contributed by atoms with Crippen molar-refractivity contribution >= 4 is 27.3 Å². The van der Waals surface area contributed by atoms with Crippen molar-refractivity contribution in [3.8, 4) is 0 Å². The zero-order valence-electron chi connectivity index (χ0n) is 14.9. The Morgan fingerprint density at radius 1 is 1.00 bits per heavy atom. The summed E-state index contributed by atoms with van der Waals surface area (Å²) in [6.07, 6.45) is 6.60. The van der Waals surface area contributed by atoms with Crippen LogP contribution in [0.4, 0.5) is 5.95 Å². The number of piperazine rings is 1. The summed E-state index contributed by atoms with van der Waals surface area (Å²) in [6.45, 7) is 0.872. The van der Waals surface area contributed by atoms with E-state index in [0.717, 1.165) is 0 Å². The second kappa shape index (κ2) is 6.26. The van der Waals surface area contributed by atoms with E-state index in [1.54, 1.807) is 40.2 Å². The predicted octanol–water partition coefficient (Wildman–Crippen LogP) is 0.252. The topological polar surface area (TPSA) is 101 Å². The van der Waals surface area contributed by atoms with Crippen LogP contribution in [-0.2, 0) is 9.84 Å². The van der Waals surface area contributed by atoms with Gasteiger partial charge in [0.05, 0.1) is 29.8 Å². The molecular weight excluding hydrogens is 380 g/mol. The zero-order chi connectivity index (χ0) is 19.3. The third kappa shape index (κ3) is 2.71. The molecule has 0 spiro atoms. The molecule has 0 aromatic carbocycles. The molecule has 0 aliphatic carbocycles. The number of anilines is 1. The monoisotopic (exact) mass is 398 g/mol. The third-order valence-electron chi connectivity index (χ3n) is 5.38. The van der Waals surface area contributed by atoms with Gasteiger partial charge in [-0.25, -0.2) is 23.4 Å². The Labute approximate surface area is 161 Å². The highest BCUT2D eigenvalue weighted by atomic mass is 32.2. The number of aromatic nitrogens is 4. The van der Waals surface area contributed by atoms with Crippen molar-refractivity contribution in [2.75, 3.05) is 29.5 Å². The maximum Gasteiger partial charge on any atom is 0.272 e. The fourth-order valence-corrected chi connectivity index (χ4v) is 6.11. The summed E-state index contributed by atoms with van der Waals surface area (Å²) in [5.74, 6) is 0.229. The molecule has 9 nitrogen and oxygen atoms in total. The molecule has 0 saturated carbocycles. The van der Waals surface area contributed by atoms with E-state index in [1.807, 2.05) is 23.1 Å². The molecule has 5 rings (SSSR count). The Balaban J connectivity index is 1.51. The number of carbonyl (C=O) groups is 1. The van der Waals surface area contributed by atoms with Gasteiger partial charge in [0.25, 0.3) is 5.91 Å². The molecule has 28 heavy (non-hydrogen) atoms. The van der Waals surface area contributed by atoms with E-state index in [2.05, 4.69) is 15.0 Å². The lowest BCUT2D eigenvalue weighted by atomic mass is 10.0. The first kappa shape index (κ1) is 17.1. The molecule has 1 amide bonds. The van der Waals surface area contributed by atoms with Gasteiger partial charge in [-0.2, -0.15) is 0 Å². The minimum absolute atomic E-state index is 0.00709. The van der Waals surface area contributed by atoms with Crippen molar-refractivity contribution in [3.63, 3.8) is 0 Å². The lowest BCUT2D eigenvalue weighted by Gasteiger charge is -2.43. The average molecular weight is 398 g/mol. The van der Waals surface area contributed by atoms with Gasteiger partial charge < -0.3 is 9.80 Å².